The van der Waals surface area contributed by atoms with Crippen molar-refractivity contribution in [1.82, 2.24) is 4.31 Å². The van der Waals surface area contributed by atoms with E-state index in [1.807, 2.05) is 31.2 Å². The highest BCUT2D eigenvalue weighted by molar-refractivity contribution is 7.89. The van der Waals surface area contributed by atoms with Crippen LogP contribution in [0.4, 0.5) is 0 Å². The lowest BCUT2D eigenvalue weighted by Gasteiger charge is -2.34. The second-order valence-electron chi connectivity index (χ2n) is 6.87. The third kappa shape index (κ3) is 3.42. The summed E-state index contributed by atoms with van der Waals surface area (Å²) >= 11 is 0. The van der Waals surface area contributed by atoms with Crippen LogP contribution in [0.5, 0.6) is 5.75 Å². The van der Waals surface area contributed by atoms with E-state index >= 15 is 0 Å². The molecule has 1 saturated heterocycles. The Kier molecular flexibility index (Phi) is 4.83. The van der Waals surface area contributed by atoms with Crippen LogP contribution in [0.2, 0.25) is 0 Å². The molecule has 3 rings (SSSR count). The summed E-state index contributed by atoms with van der Waals surface area (Å²) in [6, 6.07) is 11.1. The van der Waals surface area contributed by atoms with Crippen LogP contribution in [0.1, 0.15) is 27.2 Å². The summed E-state index contributed by atoms with van der Waals surface area (Å²) in [5, 5.41) is 1.90. The van der Waals surface area contributed by atoms with Gasteiger partial charge < -0.3 is 4.74 Å². The van der Waals surface area contributed by atoms with Gasteiger partial charge in [-0.1, -0.05) is 26.0 Å². The van der Waals surface area contributed by atoms with Crippen LogP contribution in [0, 0.1) is 11.8 Å². The zero-order chi connectivity index (χ0) is 17.3. The molecule has 0 aliphatic carbocycles. The molecule has 24 heavy (non-hydrogen) atoms. The van der Waals surface area contributed by atoms with E-state index in [1.165, 1.54) is 0 Å². The predicted molar refractivity (Wildman–Crippen MR) is 96.8 cm³/mol. The minimum Gasteiger partial charge on any atom is -0.494 e. The number of sulfonamides is 1. The fourth-order valence-electron chi connectivity index (χ4n) is 3.57. The quantitative estimate of drug-likeness (QED) is 0.842. The number of nitrogens with zero attached hydrogens (tertiary/aromatic N) is 1. The Labute approximate surface area is 144 Å². The second kappa shape index (κ2) is 6.73. The lowest BCUT2D eigenvalue weighted by molar-refractivity contribution is 0.222. The van der Waals surface area contributed by atoms with Gasteiger partial charge in [-0.2, -0.15) is 4.31 Å². The van der Waals surface area contributed by atoms with Gasteiger partial charge in [0.2, 0.25) is 10.0 Å². The van der Waals surface area contributed by atoms with Crippen molar-refractivity contribution in [3.8, 4) is 5.75 Å². The molecule has 0 amide bonds. The van der Waals surface area contributed by atoms with Crippen molar-refractivity contribution in [1.29, 1.82) is 0 Å². The van der Waals surface area contributed by atoms with Crippen molar-refractivity contribution < 1.29 is 13.2 Å². The molecule has 5 heteroatoms. The van der Waals surface area contributed by atoms with Crippen molar-refractivity contribution in [3.63, 3.8) is 0 Å². The summed E-state index contributed by atoms with van der Waals surface area (Å²) in [4.78, 5) is 0.375. The van der Waals surface area contributed by atoms with Gasteiger partial charge in [-0.05, 0) is 60.2 Å². The largest absolute Gasteiger partial charge is 0.494 e. The van der Waals surface area contributed by atoms with Crippen LogP contribution >= 0.6 is 0 Å². The highest BCUT2D eigenvalue weighted by Crippen LogP contribution is 2.29. The molecule has 0 unspecified atom stereocenters. The third-order valence-electron chi connectivity index (χ3n) is 4.57. The topological polar surface area (TPSA) is 46.6 Å². The minimum atomic E-state index is -3.44. The number of rotatable bonds is 4. The monoisotopic (exact) mass is 347 g/mol. The van der Waals surface area contributed by atoms with Crippen molar-refractivity contribution in [2.24, 2.45) is 11.8 Å². The van der Waals surface area contributed by atoms with Crippen LogP contribution in [0.15, 0.2) is 41.3 Å². The van der Waals surface area contributed by atoms with E-state index in [0.717, 1.165) is 22.9 Å². The molecule has 0 N–H and O–H groups in total. The molecule has 0 spiro atoms. The molecular weight excluding hydrogens is 322 g/mol. The SMILES string of the molecule is CCOc1ccc2cc(S(=O)(=O)N3C[C@@H](C)C[C@H](C)C3)ccc2c1. The van der Waals surface area contributed by atoms with E-state index in [9.17, 15) is 8.42 Å². The van der Waals surface area contributed by atoms with E-state index in [1.54, 1.807) is 16.4 Å². The van der Waals surface area contributed by atoms with Gasteiger partial charge in [-0.3, -0.25) is 0 Å². The Balaban J connectivity index is 1.94. The molecular formula is C19H25NO3S. The number of hydrogen-bond donors (Lipinski definition) is 0. The van der Waals surface area contributed by atoms with Crippen molar-refractivity contribution in [2.45, 2.75) is 32.1 Å². The van der Waals surface area contributed by atoms with Gasteiger partial charge in [0.05, 0.1) is 11.5 Å². The Hall–Kier alpha value is -1.59. The molecule has 1 aliphatic heterocycles. The summed E-state index contributed by atoms with van der Waals surface area (Å²) in [6.45, 7) is 8.01. The molecule has 0 aromatic heterocycles. The Bertz CT molecular complexity index is 822. The first-order valence-electron chi connectivity index (χ1n) is 8.57. The minimum absolute atomic E-state index is 0.375. The van der Waals surface area contributed by atoms with E-state index in [2.05, 4.69) is 13.8 Å². The Morgan fingerprint density at radius 2 is 1.67 bits per heavy atom. The van der Waals surface area contributed by atoms with Crippen molar-refractivity contribution in [3.05, 3.63) is 36.4 Å². The number of hydrogen-bond acceptors (Lipinski definition) is 3. The lowest BCUT2D eigenvalue weighted by atomic mass is 9.94. The normalized spacial score (nSPS) is 22.6. The molecule has 1 fully saturated rings. The fourth-order valence-corrected chi connectivity index (χ4v) is 5.29. The van der Waals surface area contributed by atoms with Gasteiger partial charge in [0.15, 0.2) is 0 Å². The smallest absolute Gasteiger partial charge is 0.243 e. The molecule has 2 aromatic carbocycles. The first-order valence-corrected chi connectivity index (χ1v) is 10.0. The van der Waals surface area contributed by atoms with Gasteiger partial charge in [0, 0.05) is 13.1 Å². The summed E-state index contributed by atoms with van der Waals surface area (Å²) in [7, 11) is -3.44. The van der Waals surface area contributed by atoms with Crippen molar-refractivity contribution >= 4 is 20.8 Å². The summed E-state index contributed by atoms with van der Waals surface area (Å²) in [6.07, 6.45) is 1.09. The van der Waals surface area contributed by atoms with Gasteiger partial charge in [-0.25, -0.2) is 8.42 Å². The van der Waals surface area contributed by atoms with E-state index in [-0.39, 0.29) is 0 Å². The average Bonchev–Trinajstić information content (AvgIpc) is 2.53. The van der Waals surface area contributed by atoms with Gasteiger partial charge in [0.1, 0.15) is 5.75 Å². The molecule has 2 atom stereocenters. The van der Waals surface area contributed by atoms with Gasteiger partial charge >= 0.3 is 0 Å². The van der Waals surface area contributed by atoms with E-state index in [4.69, 9.17) is 4.74 Å². The van der Waals surface area contributed by atoms with Crippen LogP contribution in [-0.4, -0.2) is 32.4 Å². The summed E-state index contributed by atoms with van der Waals surface area (Å²) in [5.41, 5.74) is 0. The molecule has 130 valence electrons. The van der Waals surface area contributed by atoms with E-state index < -0.39 is 10.0 Å². The van der Waals surface area contributed by atoms with Crippen molar-refractivity contribution in [2.75, 3.05) is 19.7 Å². The number of ether oxygens (including phenoxy) is 1. The molecule has 4 nitrogen and oxygen atoms in total. The Morgan fingerprint density at radius 1 is 1.04 bits per heavy atom. The van der Waals surface area contributed by atoms with Crippen LogP contribution < -0.4 is 4.74 Å². The van der Waals surface area contributed by atoms with Crippen LogP contribution in [-0.2, 0) is 10.0 Å². The lowest BCUT2D eigenvalue weighted by Crippen LogP contribution is -2.42. The third-order valence-corrected chi connectivity index (χ3v) is 6.39. The van der Waals surface area contributed by atoms with Gasteiger partial charge in [-0.15, -0.1) is 0 Å². The maximum atomic E-state index is 13.0. The highest BCUT2D eigenvalue weighted by atomic mass is 32.2. The molecule has 0 bridgehead atoms. The fraction of sp³-hybridized carbons (Fsp3) is 0.474. The molecule has 2 aromatic rings. The standard InChI is InChI=1S/C19H25NO3S/c1-4-23-18-7-5-17-11-19(8-6-16(17)10-18)24(21,22)20-12-14(2)9-15(3)13-20/h5-8,10-11,14-15H,4,9,12-13H2,1-3H3/t14-,15-/m0/s1. The maximum absolute atomic E-state index is 13.0. The number of benzene rings is 2. The van der Waals surface area contributed by atoms with E-state index in [0.29, 0.717) is 36.4 Å². The summed E-state index contributed by atoms with van der Waals surface area (Å²) < 4.78 is 33.1. The zero-order valence-corrected chi connectivity index (χ0v) is 15.3. The first-order chi connectivity index (χ1) is 11.4. The first kappa shape index (κ1) is 17.2. The number of fused-ring (bicyclic) bond motifs is 1. The predicted octanol–water partition coefficient (Wildman–Crippen LogP) is 3.91. The zero-order valence-electron chi connectivity index (χ0n) is 14.5. The highest BCUT2D eigenvalue weighted by Gasteiger charge is 2.31. The number of piperidine rings is 1. The van der Waals surface area contributed by atoms with Crippen LogP contribution in [0.3, 0.4) is 0 Å². The average molecular weight is 347 g/mol. The molecule has 0 radical (unpaired) electrons. The molecule has 1 aliphatic rings. The van der Waals surface area contributed by atoms with Gasteiger partial charge in [0.25, 0.3) is 0 Å². The summed E-state index contributed by atoms with van der Waals surface area (Å²) in [5.74, 6) is 1.61. The van der Waals surface area contributed by atoms with Crippen LogP contribution in [0.25, 0.3) is 10.8 Å². The maximum Gasteiger partial charge on any atom is 0.243 e. The molecule has 1 heterocycles. The Morgan fingerprint density at radius 3 is 2.33 bits per heavy atom. The molecule has 0 saturated carbocycles. The second-order valence-corrected chi connectivity index (χ2v) is 8.81.